The minimum absolute atomic E-state index is 0.237. The normalized spacial score (nSPS) is 14.6. The summed E-state index contributed by atoms with van der Waals surface area (Å²) < 4.78 is 0. The lowest BCUT2D eigenvalue weighted by atomic mass is 10.1. The SMILES string of the molecule is CCCN(C)c1nc(=O)[nH]c2c1CNCC2. The van der Waals surface area contributed by atoms with Crippen molar-refractivity contribution in [1.82, 2.24) is 15.3 Å². The van der Waals surface area contributed by atoms with Gasteiger partial charge in [0.05, 0.1) is 0 Å². The second-order valence-electron chi connectivity index (χ2n) is 4.17. The minimum Gasteiger partial charge on any atom is -0.359 e. The fourth-order valence-electron chi connectivity index (χ4n) is 2.11. The largest absolute Gasteiger partial charge is 0.359 e. The predicted molar refractivity (Wildman–Crippen MR) is 63.8 cm³/mol. The van der Waals surface area contributed by atoms with Crippen molar-refractivity contribution >= 4 is 5.82 Å². The van der Waals surface area contributed by atoms with E-state index in [1.807, 2.05) is 7.05 Å². The average molecular weight is 222 g/mol. The maximum Gasteiger partial charge on any atom is 0.347 e. The molecule has 0 fully saturated rings. The molecule has 88 valence electrons. The maximum absolute atomic E-state index is 11.5. The van der Waals surface area contributed by atoms with Crippen molar-refractivity contribution in [3.05, 3.63) is 21.7 Å². The Kier molecular flexibility index (Phi) is 3.24. The summed E-state index contributed by atoms with van der Waals surface area (Å²) in [5.41, 5.74) is 1.94. The number of anilines is 1. The number of aromatic nitrogens is 2. The van der Waals surface area contributed by atoms with Gasteiger partial charge in [-0.2, -0.15) is 4.98 Å². The van der Waals surface area contributed by atoms with Crippen molar-refractivity contribution in [2.24, 2.45) is 0 Å². The fourth-order valence-corrected chi connectivity index (χ4v) is 2.11. The van der Waals surface area contributed by atoms with Gasteiger partial charge in [-0.3, -0.25) is 0 Å². The van der Waals surface area contributed by atoms with E-state index >= 15 is 0 Å². The average Bonchev–Trinajstić information content (AvgIpc) is 2.28. The monoisotopic (exact) mass is 222 g/mol. The highest BCUT2D eigenvalue weighted by atomic mass is 16.1. The zero-order chi connectivity index (χ0) is 11.5. The molecule has 0 aromatic carbocycles. The summed E-state index contributed by atoms with van der Waals surface area (Å²) >= 11 is 0. The molecular weight excluding hydrogens is 204 g/mol. The van der Waals surface area contributed by atoms with Crippen LogP contribution in [0.1, 0.15) is 24.6 Å². The van der Waals surface area contributed by atoms with Gasteiger partial charge < -0.3 is 15.2 Å². The first-order valence-corrected chi connectivity index (χ1v) is 5.76. The predicted octanol–water partition coefficient (Wildman–Crippen LogP) is 0.262. The number of hydrogen-bond acceptors (Lipinski definition) is 4. The third kappa shape index (κ3) is 2.09. The summed E-state index contributed by atoms with van der Waals surface area (Å²) in [6.07, 6.45) is 1.92. The molecule has 0 atom stereocenters. The first-order chi connectivity index (χ1) is 7.72. The maximum atomic E-state index is 11.5. The van der Waals surface area contributed by atoms with Gasteiger partial charge in [-0.1, -0.05) is 6.92 Å². The van der Waals surface area contributed by atoms with Crippen LogP contribution in [-0.4, -0.2) is 30.1 Å². The van der Waals surface area contributed by atoms with E-state index in [0.717, 1.165) is 49.6 Å². The standard InChI is InChI=1S/C11H18N4O/c1-3-6-15(2)10-8-7-12-5-4-9(8)13-11(16)14-10/h12H,3-7H2,1-2H3,(H,13,14,16). The summed E-state index contributed by atoms with van der Waals surface area (Å²) in [6, 6.07) is 0. The van der Waals surface area contributed by atoms with Crippen molar-refractivity contribution < 1.29 is 0 Å². The molecule has 0 radical (unpaired) electrons. The summed E-state index contributed by atoms with van der Waals surface area (Å²) in [4.78, 5) is 20.4. The summed E-state index contributed by atoms with van der Waals surface area (Å²) in [5.74, 6) is 0.827. The van der Waals surface area contributed by atoms with Crippen molar-refractivity contribution in [1.29, 1.82) is 0 Å². The van der Waals surface area contributed by atoms with Gasteiger partial charge in [0, 0.05) is 44.4 Å². The highest BCUT2D eigenvalue weighted by Crippen LogP contribution is 2.20. The molecule has 1 aromatic rings. The van der Waals surface area contributed by atoms with E-state index in [0.29, 0.717) is 0 Å². The number of nitrogens with zero attached hydrogens (tertiary/aromatic N) is 2. The number of nitrogens with one attached hydrogen (secondary N) is 2. The molecular formula is C11H18N4O. The molecule has 5 heteroatoms. The zero-order valence-corrected chi connectivity index (χ0v) is 9.84. The van der Waals surface area contributed by atoms with Crippen LogP contribution >= 0.6 is 0 Å². The number of H-pyrrole nitrogens is 1. The van der Waals surface area contributed by atoms with Crippen LogP contribution in [0.3, 0.4) is 0 Å². The smallest absolute Gasteiger partial charge is 0.347 e. The molecule has 0 saturated carbocycles. The number of rotatable bonds is 3. The Hall–Kier alpha value is -1.36. The van der Waals surface area contributed by atoms with Crippen LogP contribution in [0.4, 0.5) is 5.82 Å². The third-order valence-electron chi connectivity index (χ3n) is 2.87. The van der Waals surface area contributed by atoms with Gasteiger partial charge in [0.25, 0.3) is 0 Å². The Balaban J connectivity index is 2.42. The van der Waals surface area contributed by atoms with E-state index in [9.17, 15) is 4.79 Å². The highest BCUT2D eigenvalue weighted by Gasteiger charge is 2.17. The Morgan fingerprint density at radius 3 is 3.06 bits per heavy atom. The van der Waals surface area contributed by atoms with Gasteiger partial charge >= 0.3 is 5.69 Å². The van der Waals surface area contributed by atoms with Crippen LogP contribution in [0.15, 0.2) is 4.79 Å². The van der Waals surface area contributed by atoms with Gasteiger partial charge in [0.2, 0.25) is 0 Å². The van der Waals surface area contributed by atoms with Gasteiger partial charge in [-0.05, 0) is 6.42 Å². The molecule has 0 unspecified atom stereocenters. The molecule has 0 saturated heterocycles. The zero-order valence-electron chi connectivity index (χ0n) is 9.84. The molecule has 1 aliphatic rings. The van der Waals surface area contributed by atoms with E-state index in [2.05, 4.69) is 27.1 Å². The van der Waals surface area contributed by atoms with E-state index in [-0.39, 0.29) is 5.69 Å². The van der Waals surface area contributed by atoms with E-state index in [4.69, 9.17) is 0 Å². The Bertz CT molecular complexity index is 426. The van der Waals surface area contributed by atoms with E-state index in [1.165, 1.54) is 0 Å². The molecule has 1 aliphatic heterocycles. The van der Waals surface area contributed by atoms with Crippen LogP contribution in [0.2, 0.25) is 0 Å². The van der Waals surface area contributed by atoms with Crippen LogP contribution in [0.25, 0.3) is 0 Å². The topological polar surface area (TPSA) is 61.0 Å². The molecule has 1 aromatic heterocycles. The minimum atomic E-state index is -0.237. The van der Waals surface area contributed by atoms with Crippen LogP contribution in [0, 0.1) is 0 Å². The first-order valence-electron chi connectivity index (χ1n) is 5.76. The lowest BCUT2D eigenvalue weighted by Crippen LogP contribution is -2.33. The van der Waals surface area contributed by atoms with E-state index < -0.39 is 0 Å². The van der Waals surface area contributed by atoms with Crippen molar-refractivity contribution in [2.75, 3.05) is 25.0 Å². The molecule has 2 N–H and O–H groups in total. The summed E-state index contributed by atoms with van der Waals surface area (Å²) in [5, 5.41) is 3.31. The number of fused-ring (bicyclic) bond motifs is 1. The molecule has 0 aliphatic carbocycles. The molecule has 2 heterocycles. The second-order valence-corrected chi connectivity index (χ2v) is 4.17. The summed E-state index contributed by atoms with van der Waals surface area (Å²) in [6.45, 7) is 4.75. The third-order valence-corrected chi connectivity index (χ3v) is 2.87. The van der Waals surface area contributed by atoms with Gasteiger partial charge in [0.1, 0.15) is 5.82 Å². The van der Waals surface area contributed by atoms with Crippen LogP contribution < -0.4 is 15.9 Å². The Morgan fingerprint density at radius 1 is 1.50 bits per heavy atom. The lowest BCUT2D eigenvalue weighted by Gasteiger charge is -2.24. The quantitative estimate of drug-likeness (QED) is 0.770. The van der Waals surface area contributed by atoms with Gasteiger partial charge in [-0.25, -0.2) is 4.79 Å². The Labute approximate surface area is 94.9 Å². The number of aromatic amines is 1. The summed E-state index contributed by atoms with van der Waals surface area (Å²) in [7, 11) is 1.99. The first kappa shape index (κ1) is 11.1. The van der Waals surface area contributed by atoms with Crippen LogP contribution in [0.5, 0.6) is 0 Å². The van der Waals surface area contributed by atoms with Crippen LogP contribution in [-0.2, 0) is 13.0 Å². The molecule has 2 rings (SSSR count). The molecule has 5 nitrogen and oxygen atoms in total. The molecule has 0 bridgehead atoms. The molecule has 16 heavy (non-hydrogen) atoms. The molecule has 0 spiro atoms. The Morgan fingerprint density at radius 2 is 2.31 bits per heavy atom. The lowest BCUT2D eigenvalue weighted by molar-refractivity contribution is 0.619. The molecule has 0 amide bonds. The van der Waals surface area contributed by atoms with Gasteiger partial charge in [-0.15, -0.1) is 0 Å². The van der Waals surface area contributed by atoms with Crippen molar-refractivity contribution in [3.63, 3.8) is 0 Å². The highest BCUT2D eigenvalue weighted by molar-refractivity contribution is 5.48. The second kappa shape index (κ2) is 4.65. The van der Waals surface area contributed by atoms with Crippen molar-refractivity contribution in [3.8, 4) is 0 Å². The number of hydrogen-bond donors (Lipinski definition) is 2. The van der Waals surface area contributed by atoms with Crippen molar-refractivity contribution in [2.45, 2.75) is 26.3 Å². The fraction of sp³-hybridized carbons (Fsp3) is 0.636. The van der Waals surface area contributed by atoms with Gasteiger partial charge in [0.15, 0.2) is 0 Å². The van der Waals surface area contributed by atoms with E-state index in [1.54, 1.807) is 0 Å².